The van der Waals surface area contributed by atoms with Crippen LogP contribution in [-0.4, -0.2) is 34.3 Å². The molecule has 0 saturated carbocycles. The maximum Gasteiger partial charge on any atom is 0.303 e. The van der Waals surface area contributed by atoms with Gasteiger partial charge >= 0.3 is 5.97 Å². The van der Waals surface area contributed by atoms with Crippen molar-refractivity contribution in [1.82, 2.24) is 0 Å². The maximum atomic E-state index is 10.4. The fraction of sp³-hybridized carbons (Fsp3) is 0.900. The second-order valence-electron chi connectivity index (χ2n) is 3.78. The third-order valence-corrected chi connectivity index (χ3v) is 4.15. The molecule has 1 saturated heterocycles. The molecule has 0 amide bonds. The summed E-state index contributed by atoms with van der Waals surface area (Å²) in [6, 6.07) is 0. The van der Waals surface area contributed by atoms with Crippen molar-refractivity contribution in [2.24, 2.45) is 0 Å². The zero-order valence-corrected chi connectivity index (χ0v) is 9.55. The Bertz CT molecular complexity index is 196. The molecule has 1 fully saturated rings. The quantitative estimate of drug-likeness (QED) is 0.768. The van der Waals surface area contributed by atoms with Crippen LogP contribution in [0.4, 0.5) is 0 Å². The first-order valence-corrected chi connectivity index (χ1v) is 6.02. The minimum atomic E-state index is -0.701. The van der Waals surface area contributed by atoms with E-state index >= 15 is 0 Å². The molecule has 0 aromatic rings. The number of thioether (sulfide) groups is 1. The van der Waals surface area contributed by atoms with Crippen LogP contribution in [0.25, 0.3) is 0 Å². The first-order valence-electron chi connectivity index (χ1n) is 5.08. The van der Waals surface area contributed by atoms with E-state index in [0.717, 1.165) is 19.4 Å². The van der Waals surface area contributed by atoms with Crippen molar-refractivity contribution in [3.8, 4) is 0 Å². The highest BCUT2D eigenvalue weighted by Gasteiger charge is 2.26. The van der Waals surface area contributed by atoms with Gasteiger partial charge in [0.05, 0.1) is 6.10 Å². The molecule has 1 heterocycles. The number of carboxylic acid groups (broad SMARTS) is 1. The summed E-state index contributed by atoms with van der Waals surface area (Å²) in [4.78, 5) is 10.4. The summed E-state index contributed by atoms with van der Waals surface area (Å²) in [5.74, 6) is -0.701. The molecule has 0 aliphatic carbocycles. The Balaban J connectivity index is 2.19. The number of carbonyl (C=O) groups is 1. The molecule has 1 N–H and O–H groups in total. The molecule has 3 unspecified atom stereocenters. The molecule has 0 radical (unpaired) electrons. The molecule has 0 spiro atoms. The molecule has 3 atom stereocenters. The molecule has 3 nitrogen and oxygen atoms in total. The maximum absolute atomic E-state index is 10.4. The van der Waals surface area contributed by atoms with Gasteiger partial charge in [0.2, 0.25) is 0 Å². The van der Waals surface area contributed by atoms with E-state index in [0.29, 0.717) is 16.6 Å². The first kappa shape index (κ1) is 11.9. The second kappa shape index (κ2) is 5.61. The van der Waals surface area contributed by atoms with Gasteiger partial charge < -0.3 is 9.84 Å². The Hall–Kier alpha value is -0.220. The molecule has 14 heavy (non-hydrogen) atoms. The lowest BCUT2D eigenvalue weighted by Gasteiger charge is -2.18. The van der Waals surface area contributed by atoms with E-state index in [2.05, 4.69) is 13.8 Å². The predicted octanol–water partition coefficient (Wildman–Crippen LogP) is 2.15. The van der Waals surface area contributed by atoms with Crippen LogP contribution in [-0.2, 0) is 9.53 Å². The molecular formula is C10H18O3S. The van der Waals surface area contributed by atoms with E-state index in [1.807, 2.05) is 11.8 Å². The Morgan fingerprint density at radius 2 is 2.43 bits per heavy atom. The zero-order valence-electron chi connectivity index (χ0n) is 8.73. The highest BCUT2D eigenvalue weighted by Crippen LogP contribution is 2.31. The molecule has 1 aliphatic heterocycles. The van der Waals surface area contributed by atoms with Crippen LogP contribution in [0, 0.1) is 0 Å². The van der Waals surface area contributed by atoms with Crippen LogP contribution >= 0.6 is 11.8 Å². The van der Waals surface area contributed by atoms with Crippen molar-refractivity contribution >= 4 is 17.7 Å². The average Bonchev–Trinajstić information content (AvgIpc) is 2.49. The van der Waals surface area contributed by atoms with E-state index in [4.69, 9.17) is 9.84 Å². The molecule has 0 aromatic heterocycles. The number of ether oxygens (including phenoxy) is 1. The van der Waals surface area contributed by atoms with Gasteiger partial charge in [0.1, 0.15) is 0 Å². The topological polar surface area (TPSA) is 46.5 Å². The number of aliphatic carboxylic acids is 1. The third kappa shape index (κ3) is 3.88. The number of rotatable bonds is 5. The monoisotopic (exact) mass is 218 g/mol. The van der Waals surface area contributed by atoms with Crippen molar-refractivity contribution < 1.29 is 14.6 Å². The van der Waals surface area contributed by atoms with Gasteiger partial charge in [-0.25, -0.2) is 0 Å². The third-order valence-electron chi connectivity index (χ3n) is 2.48. The van der Waals surface area contributed by atoms with Gasteiger partial charge in [0.15, 0.2) is 0 Å². The van der Waals surface area contributed by atoms with Gasteiger partial charge in [-0.05, 0) is 19.8 Å². The first-order chi connectivity index (χ1) is 6.59. The summed E-state index contributed by atoms with van der Waals surface area (Å²) in [6.07, 6.45) is 2.45. The lowest BCUT2D eigenvalue weighted by atomic mass is 10.2. The SMILES string of the molecule is CC(CCC(=O)O)SC1CCOC1C. The van der Waals surface area contributed by atoms with Gasteiger partial charge in [0.25, 0.3) is 0 Å². The highest BCUT2D eigenvalue weighted by molar-refractivity contribution is 8.00. The molecule has 0 bridgehead atoms. The van der Waals surface area contributed by atoms with Crippen molar-refractivity contribution in [3.63, 3.8) is 0 Å². The van der Waals surface area contributed by atoms with Crippen LogP contribution in [0.5, 0.6) is 0 Å². The summed E-state index contributed by atoms with van der Waals surface area (Å²) in [7, 11) is 0. The van der Waals surface area contributed by atoms with E-state index < -0.39 is 5.97 Å². The Morgan fingerprint density at radius 3 is 2.93 bits per heavy atom. The molecule has 4 heteroatoms. The smallest absolute Gasteiger partial charge is 0.303 e. The Morgan fingerprint density at radius 1 is 1.71 bits per heavy atom. The van der Waals surface area contributed by atoms with Crippen LogP contribution in [0.15, 0.2) is 0 Å². The molecular weight excluding hydrogens is 200 g/mol. The number of hydrogen-bond donors (Lipinski definition) is 1. The van der Waals surface area contributed by atoms with Crippen molar-refractivity contribution in [2.45, 2.75) is 49.7 Å². The fourth-order valence-corrected chi connectivity index (χ4v) is 2.97. The van der Waals surface area contributed by atoms with Gasteiger partial charge in [-0.15, -0.1) is 0 Å². The number of hydrogen-bond acceptors (Lipinski definition) is 3. The van der Waals surface area contributed by atoms with E-state index in [1.54, 1.807) is 0 Å². The largest absolute Gasteiger partial charge is 0.481 e. The highest BCUT2D eigenvalue weighted by atomic mass is 32.2. The number of carboxylic acids is 1. The van der Waals surface area contributed by atoms with Gasteiger partial charge in [-0.2, -0.15) is 11.8 Å². The normalized spacial score (nSPS) is 29.0. The summed E-state index contributed by atoms with van der Waals surface area (Å²) < 4.78 is 5.45. The standard InChI is InChI=1S/C10H18O3S/c1-7(3-4-10(11)12)14-9-5-6-13-8(9)2/h7-9H,3-6H2,1-2H3,(H,11,12). The average molecular weight is 218 g/mol. The predicted molar refractivity (Wildman–Crippen MR) is 57.7 cm³/mol. The van der Waals surface area contributed by atoms with Crippen molar-refractivity contribution in [3.05, 3.63) is 0 Å². The van der Waals surface area contributed by atoms with Crippen LogP contribution in [0.2, 0.25) is 0 Å². The van der Waals surface area contributed by atoms with E-state index in [9.17, 15) is 4.79 Å². The summed E-state index contributed by atoms with van der Waals surface area (Å²) in [5, 5.41) is 9.51. The van der Waals surface area contributed by atoms with Crippen molar-refractivity contribution in [2.75, 3.05) is 6.61 Å². The minimum absolute atomic E-state index is 0.274. The molecule has 1 rings (SSSR count). The fourth-order valence-electron chi connectivity index (χ4n) is 1.58. The Labute approximate surface area is 89.2 Å². The van der Waals surface area contributed by atoms with Gasteiger partial charge in [-0.1, -0.05) is 6.92 Å². The molecule has 1 aliphatic rings. The summed E-state index contributed by atoms with van der Waals surface area (Å²) in [6.45, 7) is 5.04. The van der Waals surface area contributed by atoms with Crippen molar-refractivity contribution in [1.29, 1.82) is 0 Å². The lowest BCUT2D eigenvalue weighted by molar-refractivity contribution is -0.137. The summed E-state index contributed by atoms with van der Waals surface area (Å²) >= 11 is 1.87. The Kier molecular flexibility index (Phi) is 4.75. The van der Waals surface area contributed by atoms with E-state index in [1.165, 1.54) is 0 Å². The van der Waals surface area contributed by atoms with E-state index in [-0.39, 0.29) is 6.42 Å². The van der Waals surface area contributed by atoms with Crippen LogP contribution in [0.3, 0.4) is 0 Å². The zero-order chi connectivity index (χ0) is 10.6. The second-order valence-corrected chi connectivity index (χ2v) is 5.46. The van der Waals surface area contributed by atoms with Gasteiger partial charge in [0, 0.05) is 23.5 Å². The minimum Gasteiger partial charge on any atom is -0.481 e. The summed E-state index contributed by atoms with van der Waals surface area (Å²) in [5.41, 5.74) is 0. The van der Waals surface area contributed by atoms with Crippen LogP contribution in [0.1, 0.15) is 33.1 Å². The molecule has 0 aromatic carbocycles. The molecule has 82 valence electrons. The van der Waals surface area contributed by atoms with Crippen LogP contribution < -0.4 is 0 Å². The van der Waals surface area contributed by atoms with Gasteiger partial charge in [-0.3, -0.25) is 4.79 Å². The lowest BCUT2D eigenvalue weighted by Crippen LogP contribution is -2.17.